The minimum atomic E-state index is -4.68. The molecule has 14 nitrogen and oxygen atoms in total. The Bertz CT molecular complexity index is 2330. The lowest BCUT2D eigenvalue weighted by Crippen LogP contribution is -2.42. The molecule has 2 heterocycles. The number of nitrogens with two attached hydrogens (primary N) is 1. The number of carbonyl (C=O) groups is 5. The number of hydrogen-bond donors (Lipinski definition) is 5. The molecule has 2 aromatic heterocycles. The first-order valence-corrected chi connectivity index (χ1v) is 23.0. The number of rotatable bonds is 21. The van der Waals surface area contributed by atoms with Crippen molar-refractivity contribution < 1.29 is 37.1 Å². The van der Waals surface area contributed by atoms with Crippen molar-refractivity contribution in [2.45, 2.75) is 91.4 Å². The monoisotopic (exact) mass is 941 g/mol. The minimum absolute atomic E-state index is 0.0134. The number of likely N-dealkylation sites (N-methyl/N-ethyl adjacent to an activating group) is 1. The first-order valence-electron chi connectivity index (χ1n) is 21.8. The van der Waals surface area contributed by atoms with Gasteiger partial charge in [-0.15, -0.1) is 11.3 Å². The SMILES string of the molecule is CCC(CC)N(CCN(C)C(=O)CCC(=O)NCCNC(=O)NCCN)Cc1cccc(C(=O)Nc2sc3c(c2C(=O)c2cnn(-c4ccc(Cl)c(C(F)(F)F)c4)c2)CCC(C)(C)C3)c1. The van der Waals surface area contributed by atoms with Crippen LogP contribution in [0.1, 0.15) is 108 Å². The van der Waals surface area contributed by atoms with Gasteiger partial charge in [-0.1, -0.05) is 51.4 Å². The van der Waals surface area contributed by atoms with Crippen LogP contribution in [-0.4, -0.2) is 101 Å². The molecule has 0 saturated carbocycles. The van der Waals surface area contributed by atoms with E-state index >= 15 is 0 Å². The molecule has 4 aromatic rings. The molecule has 352 valence electrons. The molecule has 5 amide bonds. The van der Waals surface area contributed by atoms with E-state index in [-0.39, 0.29) is 66.5 Å². The van der Waals surface area contributed by atoms with Crippen molar-refractivity contribution in [3.63, 3.8) is 0 Å². The maximum absolute atomic E-state index is 14.3. The lowest BCUT2D eigenvalue weighted by Gasteiger charge is -2.32. The van der Waals surface area contributed by atoms with Crippen molar-refractivity contribution in [1.82, 2.24) is 35.5 Å². The van der Waals surface area contributed by atoms with Gasteiger partial charge in [-0.3, -0.25) is 24.1 Å². The predicted octanol–water partition coefficient (Wildman–Crippen LogP) is 7.21. The zero-order valence-corrected chi connectivity index (χ0v) is 39.1. The van der Waals surface area contributed by atoms with Gasteiger partial charge in [-0.25, -0.2) is 9.48 Å². The van der Waals surface area contributed by atoms with Gasteiger partial charge < -0.3 is 31.9 Å². The van der Waals surface area contributed by atoms with E-state index in [0.29, 0.717) is 61.7 Å². The molecule has 0 unspecified atom stereocenters. The van der Waals surface area contributed by atoms with Gasteiger partial charge in [0.1, 0.15) is 5.00 Å². The number of nitrogens with one attached hydrogen (secondary N) is 4. The Balaban J connectivity index is 1.26. The van der Waals surface area contributed by atoms with Gasteiger partial charge in [0, 0.05) is 88.4 Å². The molecule has 2 aromatic carbocycles. The maximum Gasteiger partial charge on any atom is 0.417 e. The minimum Gasteiger partial charge on any atom is -0.354 e. The average Bonchev–Trinajstić information content (AvgIpc) is 3.90. The molecule has 1 aliphatic rings. The second-order valence-corrected chi connectivity index (χ2v) is 18.5. The number of aromatic nitrogens is 2. The number of anilines is 1. The fourth-order valence-electron chi connectivity index (χ4n) is 7.78. The summed E-state index contributed by atoms with van der Waals surface area (Å²) >= 11 is 7.21. The van der Waals surface area contributed by atoms with Gasteiger partial charge in [0.25, 0.3) is 5.91 Å². The highest BCUT2D eigenvalue weighted by molar-refractivity contribution is 7.17. The topological polar surface area (TPSA) is 184 Å². The number of fused-ring (bicyclic) bond motifs is 1. The number of urea groups is 1. The first kappa shape index (κ1) is 50.7. The van der Waals surface area contributed by atoms with Crippen LogP contribution in [0.25, 0.3) is 5.69 Å². The predicted molar refractivity (Wildman–Crippen MR) is 247 cm³/mol. The Morgan fingerprint density at radius 3 is 2.40 bits per heavy atom. The summed E-state index contributed by atoms with van der Waals surface area (Å²) in [5.41, 5.74) is 7.04. The van der Waals surface area contributed by atoms with Crippen LogP contribution in [0.15, 0.2) is 54.9 Å². The first-order chi connectivity index (χ1) is 30.8. The fourth-order valence-corrected chi connectivity index (χ4v) is 9.50. The normalized spacial score (nSPS) is 13.4. The summed E-state index contributed by atoms with van der Waals surface area (Å²) in [6, 6.07) is 10.5. The molecule has 0 saturated heterocycles. The van der Waals surface area contributed by atoms with Gasteiger partial charge in [0.2, 0.25) is 11.8 Å². The third kappa shape index (κ3) is 13.9. The standard InChI is InChI=1S/C46H59ClF3N9O5S/c1-6-32(7-2)58(22-21-57(5)39(61)14-13-38(60)52-19-20-54-44(64)53-18-17-51)27-29-9-8-10-30(23-29)42(63)56-43-40(34-15-16-45(3,4)25-37(34)65-43)41(62)31-26-55-59(28-31)33-11-12-36(47)35(24-33)46(48,49)50/h8-12,23-24,26,28,32H,6-7,13-22,25,27,51H2,1-5H3,(H,52,60)(H,56,63)(H2,53,54,64). The third-order valence-electron chi connectivity index (χ3n) is 11.5. The van der Waals surface area contributed by atoms with E-state index in [1.54, 1.807) is 18.0 Å². The summed E-state index contributed by atoms with van der Waals surface area (Å²) in [5.74, 6) is -1.26. The van der Waals surface area contributed by atoms with E-state index in [0.717, 1.165) is 47.4 Å². The number of alkyl halides is 3. The number of ketones is 1. The Morgan fingerprint density at radius 1 is 0.969 bits per heavy atom. The van der Waals surface area contributed by atoms with E-state index < -0.39 is 28.5 Å². The molecule has 0 aliphatic heterocycles. The summed E-state index contributed by atoms with van der Waals surface area (Å²) in [7, 11) is 1.71. The quantitative estimate of drug-likeness (QED) is 0.0429. The Morgan fingerprint density at radius 2 is 1.69 bits per heavy atom. The molecule has 5 rings (SSSR count). The molecule has 0 spiro atoms. The van der Waals surface area contributed by atoms with Crippen LogP contribution in [0.5, 0.6) is 0 Å². The molecule has 0 atom stereocenters. The second-order valence-electron chi connectivity index (χ2n) is 16.9. The lowest BCUT2D eigenvalue weighted by molar-refractivity contribution is -0.137. The van der Waals surface area contributed by atoms with Gasteiger partial charge in [0.15, 0.2) is 5.78 Å². The molecule has 65 heavy (non-hydrogen) atoms. The van der Waals surface area contributed by atoms with Crippen LogP contribution in [0.4, 0.5) is 23.0 Å². The van der Waals surface area contributed by atoms with E-state index in [2.05, 4.69) is 59.0 Å². The molecule has 0 fully saturated rings. The Labute approximate surface area is 386 Å². The second kappa shape index (κ2) is 22.7. The van der Waals surface area contributed by atoms with Crippen LogP contribution in [0, 0.1) is 5.41 Å². The van der Waals surface area contributed by atoms with Crippen molar-refractivity contribution in [3.05, 3.63) is 98.1 Å². The van der Waals surface area contributed by atoms with Gasteiger partial charge >= 0.3 is 12.2 Å². The van der Waals surface area contributed by atoms with Gasteiger partial charge in [-0.05, 0) is 79.0 Å². The number of thiophene rings is 1. The number of halogens is 4. The molecule has 1 aliphatic carbocycles. The van der Waals surface area contributed by atoms with Crippen molar-refractivity contribution >= 4 is 57.5 Å². The summed E-state index contributed by atoms with van der Waals surface area (Å²) < 4.78 is 42.1. The molecule has 0 bridgehead atoms. The molecule has 0 radical (unpaired) electrons. The van der Waals surface area contributed by atoms with Crippen molar-refractivity contribution in [3.8, 4) is 5.69 Å². The largest absolute Gasteiger partial charge is 0.417 e. The molecular formula is C46H59ClF3N9O5S. The molecule has 6 N–H and O–H groups in total. The zero-order valence-electron chi connectivity index (χ0n) is 37.5. The summed E-state index contributed by atoms with van der Waals surface area (Å²) in [5, 5.41) is 15.1. The van der Waals surface area contributed by atoms with Gasteiger partial charge in [0.05, 0.1) is 33.6 Å². The van der Waals surface area contributed by atoms with Crippen LogP contribution in [0.3, 0.4) is 0 Å². The molecular weight excluding hydrogens is 883 g/mol. The lowest BCUT2D eigenvalue weighted by atomic mass is 9.76. The van der Waals surface area contributed by atoms with Crippen LogP contribution in [-0.2, 0) is 35.2 Å². The number of nitrogens with zero attached hydrogens (tertiary/aromatic N) is 4. The van der Waals surface area contributed by atoms with Crippen LogP contribution in [0.2, 0.25) is 5.02 Å². The van der Waals surface area contributed by atoms with E-state index in [4.69, 9.17) is 17.3 Å². The van der Waals surface area contributed by atoms with Crippen molar-refractivity contribution in [1.29, 1.82) is 0 Å². The summed E-state index contributed by atoms with van der Waals surface area (Å²) in [6.07, 6.45) is 1.93. The Kier molecular flexibility index (Phi) is 17.7. The van der Waals surface area contributed by atoms with E-state index in [9.17, 15) is 37.1 Å². The number of hydrogen-bond acceptors (Lipinski definition) is 9. The smallest absolute Gasteiger partial charge is 0.354 e. The number of benzene rings is 2. The third-order valence-corrected chi connectivity index (χ3v) is 13.0. The maximum atomic E-state index is 14.3. The fraction of sp³-hybridized carbons (Fsp3) is 0.478. The highest BCUT2D eigenvalue weighted by Gasteiger charge is 2.35. The van der Waals surface area contributed by atoms with Gasteiger partial charge in [-0.2, -0.15) is 18.3 Å². The van der Waals surface area contributed by atoms with E-state index in [1.807, 2.05) is 18.2 Å². The summed E-state index contributed by atoms with van der Waals surface area (Å²) in [4.78, 5) is 70.3. The highest BCUT2D eigenvalue weighted by atomic mass is 35.5. The van der Waals surface area contributed by atoms with Crippen molar-refractivity contribution in [2.24, 2.45) is 11.1 Å². The average molecular weight is 943 g/mol. The summed E-state index contributed by atoms with van der Waals surface area (Å²) in [6.45, 7) is 11.1. The number of carbonyl (C=O) groups excluding carboxylic acids is 5. The van der Waals surface area contributed by atoms with Crippen LogP contribution >= 0.6 is 22.9 Å². The Hall–Kier alpha value is -5.30. The molecule has 19 heteroatoms. The number of amides is 5. The van der Waals surface area contributed by atoms with Crippen molar-refractivity contribution in [2.75, 3.05) is 51.6 Å². The highest BCUT2D eigenvalue weighted by Crippen LogP contribution is 2.45. The van der Waals surface area contributed by atoms with Crippen LogP contribution < -0.4 is 27.0 Å². The van der Waals surface area contributed by atoms with E-state index in [1.165, 1.54) is 34.5 Å². The zero-order chi connectivity index (χ0) is 47.5.